The largest absolute Gasteiger partial charge is 0.331 e. The molecule has 2 aliphatic rings. The van der Waals surface area contributed by atoms with Crippen molar-refractivity contribution in [3.63, 3.8) is 0 Å². The van der Waals surface area contributed by atoms with Crippen LogP contribution in [-0.4, -0.2) is 15.7 Å². The average molecular weight is 346 g/mol. The molecule has 0 saturated heterocycles. The van der Waals surface area contributed by atoms with Gasteiger partial charge in [0.15, 0.2) is 5.11 Å². The van der Waals surface area contributed by atoms with Crippen molar-refractivity contribution in [3.8, 4) is 0 Å². The lowest BCUT2D eigenvalue weighted by Gasteiger charge is -2.34. The Morgan fingerprint density at radius 3 is 2.50 bits per heavy atom. The molecule has 0 heterocycles. The highest BCUT2D eigenvalue weighted by atomic mass is 32.1. The monoisotopic (exact) mass is 346 g/mol. The first-order chi connectivity index (χ1) is 11.2. The molecule has 1 aromatic carbocycles. The Morgan fingerprint density at radius 1 is 1.33 bits per heavy atom. The second-order valence-electron chi connectivity index (χ2n) is 7.42. The van der Waals surface area contributed by atoms with Gasteiger partial charge in [-0.25, -0.2) is 0 Å². The van der Waals surface area contributed by atoms with Gasteiger partial charge in [-0.15, -0.1) is 0 Å². The number of anilines is 1. The van der Waals surface area contributed by atoms with Crippen LogP contribution in [0.2, 0.25) is 0 Å². The van der Waals surface area contributed by atoms with Crippen molar-refractivity contribution in [2.75, 3.05) is 5.32 Å². The zero-order chi connectivity index (χ0) is 17.5. The van der Waals surface area contributed by atoms with Crippen molar-refractivity contribution >= 4 is 34.4 Å². The van der Waals surface area contributed by atoms with Crippen molar-refractivity contribution in [2.24, 2.45) is 21.8 Å². The summed E-state index contributed by atoms with van der Waals surface area (Å²) in [6, 6.07) is 6.13. The number of nitrogens with zero attached hydrogens (tertiary/aromatic N) is 2. The minimum absolute atomic E-state index is 0.0526. The summed E-state index contributed by atoms with van der Waals surface area (Å²) in [6.45, 7) is 6.97. The van der Waals surface area contributed by atoms with Crippen molar-refractivity contribution < 1.29 is 4.92 Å². The Labute approximate surface area is 146 Å². The van der Waals surface area contributed by atoms with Crippen LogP contribution < -0.4 is 10.7 Å². The van der Waals surface area contributed by atoms with E-state index in [-0.39, 0.29) is 16.5 Å². The number of thiocarbonyl (C=S) groups is 1. The Kier molecular flexibility index (Phi) is 4.07. The fourth-order valence-electron chi connectivity index (χ4n) is 4.04. The minimum atomic E-state index is -0.427. The standard InChI is InChI=1S/C17H22N4O2S/c1-16(2)11-8-9-17(16,3)14(10-11)19-20-15(24)18-12-4-6-13(7-5-12)21(22)23/h4-7,11H,8-10H2,1-3H3,(H2,18,20,24)/b19-14+/t11-,17+/m1/s1. The number of hydrogen-bond acceptors (Lipinski definition) is 4. The van der Waals surface area contributed by atoms with Gasteiger partial charge >= 0.3 is 0 Å². The highest BCUT2D eigenvalue weighted by Crippen LogP contribution is 2.63. The van der Waals surface area contributed by atoms with Crippen molar-refractivity contribution in [3.05, 3.63) is 34.4 Å². The van der Waals surface area contributed by atoms with Gasteiger partial charge in [0, 0.05) is 28.9 Å². The van der Waals surface area contributed by atoms with E-state index in [1.165, 1.54) is 30.7 Å². The number of hydrogen-bond donors (Lipinski definition) is 2. The van der Waals surface area contributed by atoms with E-state index >= 15 is 0 Å². The molecule has 2 fully saturated rings. The molecule has 0 radical (unpaired) electrons. The molecule has 2 bridgehead atoms. The maximum atomic E-state index is 10.7. The number of non-ortho nitro benzene ring substituents is 1. The number of rotatable bonds is 3. The van der Waals surface area contributed by atoms with Crippen LogP contribution in [0.15, 0.2) is 29.4 Å². The number of nitrogens with one attached hydrogen (secondary N) is 2. The van der Waals surface area contributed by atoms with Gasteiger partial charge in [0.1, 0.15) is 0 Å². The van der Waals surface area contributed by atoms with E-state index in [4.69, 9.17) is 12.2 Å². The molecule has 0 spiro atoms. The molecule has 0 aromatic heterocycles. The zero-order valence-corrected chi connectivity index (χ0v) is 14.9. The Bertz CT molecular complexity index is 714. The Balaban J connectivity index is 1.63. The summed E-state index contributed by atoms with van der Waals surface area (Å²) in [5.41, 5.74) is 5.28. The maximum Gasteiger partial charge on any atom is 0.269 e. The molecule has 6 nitrogen and oxygen atoms in total. The first-order valence-electron chi connectivity index (χ1n) is 8.12. The van der Waals surface area contributed by atoms with Gasteiger partial charge in [-0.3, -0.25) is 15.5 Å². The van der Waals surface area contributed by atoms with Crippen molar-refractivity contribution in [1.29, 1.82) is 0 Å². The van der Waals surface area contributed by atoms with E-state index in [1.807, 2.05) is 0 Å². The minimum Gasteiger partial charge on any atom is -0.331 e. The highest BCUT2D eigenvalue weighted by molar-refractivity contribution is 7.80. The van der Waals surface area contributed by atoms with Crippen LogP contribution in [0, 0.1) is 26.9 Å². The SMILES string of the molecule is CC1(C)[C@@H]2CC[C@@]1(C)/C(=N/NC(=S)Nc1ccc([N+](=O)[O-])cc1)C2. The summed E-state index contributed by atoms with van der Waals surface area (Å²) < 4.78 is 0. The van der Waals surface area contributed by atoms with E-state index in [0.717, 1.165) is 6.42 Å². The summed E-state index contributed by atoms with van der Waals surface area (Å²) in [7, 11) is 0. The molecule has 0 aliphatic heterocycles. The van der Waals surface area contributed by atoms with Crippen LogP contribution in [0.1, 0.15) is 40.0 Å². The molecule has 24 heavy (non-hydrogen) atoms. The Morgan fingerprint density at radius 2 is 2.00 bits per heavy atom. The number of nitro groups is 1. The third-order valence-corrected chi connectivity index (χ3v) is 6.33. The van der Waals surface area contributed by atoms with Gasteiger partial charge < -0.3 is 5.32 Å². The molecule has 7 heteroatoms. The van der Waals surface area contributed by atoms with Crippen LogP contribution in [0.5, 0.6) is 0 Å². The second-order valence-corrected chi connectivity index (χ2v) is 7.83. The number of fused-ring (bicyclic) bond motifs is 2. The van der Waals surface area contributed by atoms with Gasteiger partial charge in [-0.1, -0.05) is 20.8 Å². The second kappa shape index (κ2) is 5.81. The van der Waals surface area contributed by atoms with Gasteiger partial charge in [0.05, 0.1) is 4.92 Å². The van der Waals surface area contributed by atoms with Crippen molar-refractivity contribution in [1.82, 2.24) is 5.43 Å². The fourth-order valence-corrected chi connectivity index (χ4v) is 4.20. The highest BCUT2D eigenvalue weighted by Gasteiger charge is 2.59. The maximum absolute atomic E-state index is 10.7. The third kappa shape index (κ3) is 2.66. The molecule has 3 rings (SSSR count). The van der Waals surface area contributed by atoms with E-state index in [9.17, 15) is 10.1 Å². The van der Waals surface area contributed by atoms with Crippen molar-refractivity contribution in [2.45, 2.75) is 40.0 Å². The van der Waals surface area contributed by atoms with Crippen LogP contribution in [0.25, 0.3) is 0 Å². The lowest BCUT2D eigenvalue weighted by atomic mass is 9.70. The molecule has 1 aromatic rings. The van der Waals surface area contributed by atoms with Gasteiger partial charge in [-0.2, -0.15) is 5.10 Å². The van der Waals surface area contributed by atoms with Crippen LogP contribution in [0.4, 0.5) is 11.4 Å². The average Bonchev–Trinajstić information content (AvgIpc) is 2.86. The predicted octanol–water partition coefficient (Wildman–Crippen LogP) is 4.08. The molecule has 2 saturated carbocycles. The third-order valence-electron chi connectivity index (χ3n) is 6.14. The van der Waals surface area contributed by atoms with E-state index in [2.05, 4.69) is 36.6 Å². The van der Waals surface area contributed by atoms with Gasteiger partial charge in [0.25, 0.3) is 5.69 Å². The summed E-state index contributed by atoms with van der Waals surface area (Å²) in [5, 5.41) is 18.6. The number of hydrazone groups is 1. The molecule has 2 N–H and O–H groups in total. The molecular weight excluding hydrogens is 324 g/mol. The molecular formula is C17H22N4O2S. The summed E-state index contributed by atoms with van der Waals surface area (Å²) in [6.07, 6.45) is 3.47. The van der Waals surface area contributed by atoms with Crippen LogP contribution in [0.3, 0.4) is 0 Å². The first kappa shape index (κ1) is 16.8. The summed E-state index contributed by atoms with van der Waals surface area (Å²) >= 11 is 5.27. The molecule has 2 atom stereocenters. The fraction of sp³-hybridized carbons (Fsp3) is 0.529. The predicted molar refractivity (Wildman–Crippen MR) is 99.1 cm³/mol. The van der Waals surface area contributed by atoms with Crippen LogP contribution in [-0.2, 0) is 0 Å². The lowest BCUT2D eigenvalue weighted by molar-refractivity contribution is -0.384. The quantitative estimate of drug-likeness (QED) is 0.490. The van der Waals surface area contributed by atoms with E-state index in [1.54, 1.807) is 12.1 Å². The molecule has 0 amide bonds. The van der Waals surface area contributed by atoms with E-state index < -0.39 is 4.92 Å². The molecule has 2 aliphatic carbocycles. The molecule has 0 unspecified atom stereocenters. The van der Waals surface area contributed by atoms with E-state index in [0.29, 0.717) is 16.7 Å². The normalized spacial score (nSPS) is 28.8. The topological polar surface area (TPSA) is 79.6 Å². The first-order valence-corrected chi connectivity index (χ1v) is 8.53. The number of benzene rings is 1. The molecule has 128 valence electrons. The number of nitro benzene ring substituents is 1. The Hall–Kier alpha value is -2.02. The van der Waals surface area contributed by atoms with Gasteiger partial charge in [-0.05, 0) is 54.9 Å². The summed E-state index contributed by atoms with van der Waals surface area (Å²) in [4.78, 5) is 10.2. The summed E-state index contributed by atoms with van der Waals surface area (Å²) in [5.74, 6) is 0.694. The lowest BCUT2D eigenvalue weighted by Crippen LogP contribution is -2.34. The zero-order valence-electron chi connectivity index (χ0n) is 14.1. The smallest absolute Gasteiger partial charge is 0.269 e. The van der Waals surface area contributed by atoms with Gasteiger partial charge in [0.2, 0.25) is 0 Å². The van der Waals surface area contributed by atoms with Crippen LogP contribution >= 0.6 is 12.2 Å².